The quantitative estimate of drug-likeness (QED) is 0.104. The van der Waals surface area contributed by atoms with Crippen molar-refractivity contribution in [1.29, 1.82) is 0 Å². The number of nitrogens with one attached hydrogen (secondary N) is 1. The Morgan fingerprint density at radius 1 is 0.830 bits per heavy atom. The molecule has 0 aliphatic rings. The molecule has 9 heteroatoms. The van der Waals surface area contributed by atoms with Gasteiger partial charge in [0.05, 0.1) is 23.9 Å². The first-order valence-corrected chi connectivity index (χ1v) is 18.1. The number of carbonyl (C=O) groups is 1. The molecule has 0 saturated carbocycles. The van der Waals surface area contributed by atoms with Gasteiger partial charge >= 0.3 is 0 Å². The van der Waals surface area contributed by atoms with Gasteiger partial charge in [0.25, 0.3) is 5.91 Å². The molecule has 0 radical (unpaired) electrons. The number of aryl methyl sites for hydroxylation is 1. The van der Waals surface area contributed by atoms with Gasteiger partial charge in [0, 0.05) is 29.7 Å². The molecule has 0 aliphatic heterocycles. The van der Waals surface area contributed by atoms with E-state index in [1.165, 1.54) is 0 Å². The highest BCUT2D eigenvalue weighted by atomic mass is 16.5. The number of benzene rings is 4. The Labute approximate surface area is 310 Å². The van der Waals surface area contributed by atoms with Crippen LogP contribution in [0.5, 0.6) is 5.75 Å². The fourth-order valence-corrected chi connectivity index (χ4v) is 7.13. The summed E-state index contributed by atoms with van der Waals surface area (Å²) in [6.07, 6.45) is 5.37. The molecule has 7 aromatic rings. The maximum absolute atomic E-state index is 14.3. The fraction of sp³-hybridized carbons (Fsp3) is 0.273. The highest BCUT2D eigenvalue weighted by Crippen LogP contribution is 2.43. The van der Waals surface area contributed by atoms with Crippen LogP contribution in [0.3, 0.4) is 0 Å². The van der Waals surface area contributed by atoms with Gasteiger partial charge in [0.15, 0.2) is 5.65 Å². The lowest BCUT2D eigenvalue weighted by Gasteiger charge is -2.38. The minimum Gasteiger partial charge on any atom is -0.494 e. The van der Waals surface area contributed by atoms with E-state index >= 15 is 0 Å². The maximum atomic E-state index is 14.3. The second-order valence-corrected chi connectivity index (χ2v) is 15.4. The number of nitrogens with two attached hydrogens (primary N) is 1. The van der Waals surface area contributed by atoms with Gasteiger partial charge in [-0.05, 0) is 82.3 Å². The van der Waals surface area contributed by atoms with Crippen molar-refractivity contribution in [2.45, 2.75) is 64.1 Å². The molecule has 0 atom stereocenters. The van der Waals surface area contributed by atoms with E-state index in [1.54, 1.807) is 6.20 Å². The van der Waals surface area contributed by atoms with Crippen LogP contribution in [0, 0.1) is 0 Å². The van der Waals surface area contributed by atoms with Crippen LogP contribution in [-0.4, -0.2) is 47.9 Å². The van der Waals surface area contributed by atoms with Crippen LogP contribution in [0.1, 0.15) is 74.5 Å². The number of hydrogen-bond donors (Lipinski definition) is 2. The van der Waals surface area contributed by atoms with E-state index in [2.05, 4.69) is 46.3 Å². The summed E-state index contributed by atoms with van der Waals surface area (Å²) in [7, 11) is 1.91. The van der Waals surface area contributed by atoms with Crippen molar-refractivity contribution in [2.24, 2.45) is 12.8 Å². The Hall–Kier alpha value is -5.80. The number of rotatable bonds is 11. The predicted octanol–water partition coefficient (Wildman–Crippen LogP) is 8.25. The summed E-state index contributed by atoms with van der Waals surface area (Å²) in [6.45, 7) is 10.5. The van der Waals surface area contributed by atoms with E-state index in [0.29, 0.717) is 34.7 Å². The molecule has 9 nitrogen and oxygen atoms in total. The van der Waals surface area contributed by atoms with Gasteiger partial charge in [-0.2, -0.15) is 5.10 Å². The molecule has 3 aromatic heterocycles. The molecule has 270 valence electrons. The monoisotopic (exact) mass is 705 g/mol. The van der Waals surface area contributed by atoms with Crippen LogP contribution in [-0.2, 0) is 12.6 Å². The summed E-state index contributed by atoms with van der Waals surface area (Å²) in [4.78, 5) is 24.7. The predicted molar refractivity (Wildman–Crippen MR) is 212 cm³/mol. The smallest absolute Gasteiger partial charge is 0.255 e. The molecule has 53 heavy (non-hydrogen) atoms. The SMILES string of the molecule is Cn1nc(-c2cnc3c(n2)c(C(=O)NC(C)(C)C)cn3C(c2ccccc2)(c2ccccc2)c2ccccc2)c2cc(OCCCC(C)(C)N)ccc21. The number of amides is 1. The van der Waals surface area contributed by atoms with Gasteiger partial charge < -0.3 is 20.4 Å². The first kappa shape index (κ1) is 35.6. The molecule has 3 N–H and O–H groups in total. The fourth-order valence-electron chi connectivity index (χ4n) is 7.13. The van der Waals surface area contributed by atoms with E-state index < -0.39 is 11.1 Å². The van der Waals surface area contributed by atoms with Crippen LogP contribution in [0.15, 0.2) is 122 Å². The maximum Gasteiger partial charge on any atom is 0.255 e. The Balaban J connectivity index is 1.45. The summed E-state index contributed by atoms with van der Waals surface area (Å²) in [5.41, 5.74) is 11.2. The van der Waals surface area contributed by atoms with E-state index in [9.17, 15) is 4.79 Å². The lowest BCUT2D eigenvalue weighted by Crippen LogP contribution is -2.40. The van der Waals surface area contributed by atoms with E-state index in [-0.39, 0.29) is 11.4 Å². The van der Waals surface area contributed by atoms with Gasteiger partial charge in [0.1, 0.15) is 28.2 Å². The second-order valence-electron chi connectivity index (χ2n) is 15.4. The normalized spacial score (nSPS) is 12.4. The lowest BCUT2D eigenvalue weighted by atomic mass is 9.76. The Bertz CT molecular complexity index is 2270. The third-order valence-electron chi connectivity index (χ3n) is 9.46. The minimum atomic E-state index is -0.901. The van der Waals surface area contributed by atoms with E-state index in [4.69, 9.17) is 25.5 Å². The first-order chi connectivity index (χ1) is 25.3. The summed E-state index contributed by atoms with van der Waals surface area (Å²) in [6, 6.07) is 37.0. The van der Waals surface area contributed by atoms with Gasteiger partial charge in [-0.15, -0.1) is 0 Å². The molecule has 1 amide bonds. The number of ether oxygens (including phenoxy) is 1. The van der Waals surface area contributed by atoms with E-state index in [0.717, 1.165) is 46.2 Å². The van der Waals surface area contributed by atoms with Gasteiger partial charge in [-0.3, -0.25) is 9.48 Å². The van der Waals surface area contributed by atoms with Crippen molar-refractivity contribution in [3.8, 4) is 17.1 Å². The van der Waals surface area contributed by atoms with Gasteiger partial charge in [-0.1, -0.05) is 91.0 Å². The molecule has 4 aromatic carbocycles. The standard InChI is InChI=1S/C44H47N7O2/c1-42(2,3)48-41(52)35-29-51(44(30-17-10-7-11-18-30,31-19-12-8-13-20-31)32-21-14-9-15-22-32)40-39(35)47-36(28-46-40)38-34-27-33(23-24-37(34)50(6)49-38)53-26-16-25-43(4,5)45/h7-15,17-24,27-29H,16,25-26,45H2,1-6H3,(H,48,52). The third kappa shape index (κ3) is 7.04. The largest absolute Gasteiger partial charge is 0.494 e. The highest BCUT2D eigenvalue weighted by molar-refractivity contribution is 6.06. The van der Waals surface area contributed by atoms with Crippen molar-refractivity contribution >= 4 is 28.0 Å². The molecular weight excluding hydrogens is 659 g/mol. The Morgan fingerprint density at radius 2 is 1.42 bits per heavy atom. The number of carbonyl (C=O) groups excluding carboxylic acids is 1. The average Bonchev–Trinajstić information content (AvgIpc) is 3.68. The molecule has 7 rings (SSSR count). The van der Waals surface area contributed by atoms with Crippen molar-refractivity contribution in [1.82, 2.24) is 29.6 Å². The summed E-state index contributed by atoms with van der Waals surface area (Å²) < 4.78 is 10.1. The molecule has 0 spiro atoms. The third-order valence-corrected chi connectivity index (χ3v) is 9.46. The second kappa shape index (κ2) is 14.0. The highest BCUT2D eigenvalue weighted by Gasteiger charge is 2.41. The molecular formula is C44H47N7O2. The number of hydrogen-bond acceptors (Lipinski definition) is 6. The molecule has 0 fully saturated rings. The van der Waals surface area contributed by atoms with Crippen molar-refractivity contribution < 1.29 is 9.53 Å². The molecule has 3 heterocycles. The van der Waals surface area contributed by atoms with Crippen molar-refractivity contribution in [3.05, 3.63) is 144 Å². The van der Waals surface area contributed by atoms with Gasteiger partial charge in [0.2, 0.25) is 0 Å². The number of nitrogens with zero attached hydrogens (tertiary/aromatic N) is 5. The van der Waals surface area contributed by atoms with Crippen LogP contribution < -0.4 is 15.8 Å². The average molecular weight is 706 g/mol. The summed E-state index contributed by atoms with van der Waals surface area (Å²) >= 11 is 0. The van der Waals surface area contributed by atoms with Crippen LogP contribution >= 0.6 is 0 Å². The first-order valence-electron chi connectivity index (χ1n) is 18.1. The topological polar surface area (TPSA) is 113 Å². The summed E-state index contributed by atoms with van der Waals surface area (Å²) in [5.74, 6) is 0.503. The van der Waals surface area contributed by atoms with Crippen molar-refractivity contribution in [3.63, 3.8) is 0 Å². The van der Waals surface area contributed by atoms with Gasteiger partial charge in [-0.25, -0.2) is 9.97 Å². The molecule has 0 bridgehead atoms. The molecule has 0 saturated heterocycles. The Morgan fingerprint density at radius 3 is 1.96 bits per heavy atom. The van der Waals surface area contributed by atoms with Crippen molar-refractivity contribution in [2.75, 3.05) is 6.61 Å². The zero-order valence-electron chi connectivity index (χ0n) is 31.3. The number of aromatic nitrogens is 5. The van der Waals surface area contributed by atoms with Crippen LogP contribution in [0.25, 0.3) is 33.5 Å². The molecule has 0 aliphatic carbocycles. The summed E-state index contributed by atoms with van der Waals surface area (Å²) in [5, 5.41) is 8.96. The van der Waals surface area contributed by atoms with Crippen LogP contribution in [0.2, 0.25) is 0 Å². The minimum absolute atomic E-state index is 0.238. The van der Waals surface area contributed by atoms with Crippen LogP contribution in [0.4, 0.5) is 0 Å². The Kier molecular flexibility index (Phi) is 9.38. The number of fused-ring (bicyclic) bond motifs is 2. The zero-order valence-corrected chi connectivity index (χ0v) is 31.3. The zero-order chi connectivity index (χ0) is 37.4. The lowest BCUT2D eigenvalue weighted by molar-refractivity contribution is 0.0920. The molecule has 0 unspecified atom stereocenters. The van der Waals surface area contributed by atoms with E-state index in [1.807, 2.05) is 125 Å².